The molecule has 5 aromatic rings. The molecule has 2 amide bonds. The predicted molar refractivity (Wildman–Crippen MR) is 209 cm³/mol. The van der Waals surface area contributed by atoms with Gasteiger partial charge >= 0.3 is 0 Å². The van der Waals surface area contributed by atoms with Crippen molar-refractivity contribution in [3.8, 4) is 11.5 Å². The Labute approximate surface area is 316 Å². The van der Waals surface area contributed by atoms with Gasteiger partial charge in [0.15, 0.2) is 12.2 Å². The summed E-state index contributed by atoms with van der Waals surface area (Å²) in [6.45, 7) is 7.21. The van der Waals surface area contributed by atoms with Crippen LogP contribution in [0.1, 0.15) is 36.1 Å². The fourth-order valence-electron chi connectivity index (χ4n) is 9.10. The van der Waals surface area contributed by atoms with Crippen LogP contribution < -0.4 is 24.5 Å². The van der Waals surface area contributed by atoms with Gasteiger partial charge in [-0.15, -0.1) is 5.10 Å². The van der Waals surface area contributed by atoms with Gasteiger partial charge in [0.25, 0.3) is 11.8 Å². The van der Waals surface area contributed by atoms with Crippen LogP contribution in [-0.4, -0.2) is 73.5 Å². The Morgan fingerprint density at radius 3 is 2.46 bits per heavy atom. The first kappa shape index (κ1) is 35.7. The molecule has 0 aliphatic carbocycles. The fraction of sp³-hybridized carbons (Fsp3) is 0.333. The molecule has 0 radical (unpaired) electrons. The molecule has 4 heterocycles. The van der Waals surface area contributed by atoms with E-state index in [2.05, 4.69) is 42.5 Å². The second-order valence-corrected chi connectivity index (χ2v) is 19.7. The van der Waals surface area contributed by atoms with Crippen molar-refractivity contribution in [3.05, 3.63) is 120 Å². The summed E-state index contributed by atoms with van der Waals surface area (Å²) < 4.78 is 20.4. The first-order chi connectivity index (χ1) is 26.1. The van der Waals surface area contributed by atoms with Crippen LogP contribution in [0, 0.1) is 5.92 Å². The van der Waals surface area contributed by atoms with E-state index in [0.29, 0.717) is 35.8 Å². The molecule has 3 aliphatic rings. The number of hydrogen-bond acceptors (Lipinski definition) is 8. The van der Waals surface area contributed by atoms with Gasteiger partial charge in [-0.2, -0.15) is 0 Å². The molecule has 12 heteroatoms. The molecule has 11 nitrogen and oxygen atoms in total. The molecule has 1 spiro atoms. The van der Waals surface area contributed by atoms with E-state index in [-0.39, 0.29) is 48.5 Å². The third-order valence-electron chi connectivity index (χ3n) is 11.9. The molecule has 54 heavy (non-hydrogen) atoms. The Kier molecular flexibility index (Phi) is 9.15. The van der Waals surface area contributed by atoms with Crippen LogP contribution in [0.4, 0.5) is 17.1 Å². The SMILES string of the molecule is COc1ccc([Si](C)(C)[C@@H]2[C@@H](CCn3cc(C(CO)c4ccccc4)nn3)O[C@]3(C(=O)N(C)c4ccc(N5C(=O)COc6ccccc65)cc43)[C@H]2C)cc1. The maximum atomic E-state index is 14.8. The summed E-state index contributed by atoms with van der Waals surface area (Å²) >= 11 is 0. The van der Waals surface area contributed by atoms with Crippen molar-refractivity contribution in [2.75, 3.05) is 37.2 Å². The van der Waals surface area contributed by atoms with E-state index < -0.39 is 13.7 Å². The second kappa shape index (κ2) is 13.8. The van der Waals surface area contributed by atoms with Gasteiger partial charge in [-0.3, -0.25) is 19.2 Å². The lowest BCUT2D eigenvalue weighted by Gasteiger charge is -2.37. The molecule has 1 saturated heterocycles. The number of rotatable bonds is 10. The van der Waals surface area contributed by atoms with Gasteiger partial charge in [-0.25, -0.2) is 0 Å². The number of amides is 2. The molecule has 4 aromatic carbocycles. The minimum atomic E-state index is -2.39. The van der Waals surface area contributed by atoms with Crippen LogP contribution >= 0.6 is 0 Å². The van der Waals surface area contributed by atoms with Crippen molar-refractivity contribution < 1.29 is 28.9 Å². The molecule has 1 aromatic heterocycles. The number of fused-ring (bicyclic) bond motifs is 3. The van der Waals surface area contributed by atoms with Crippen LogP contribution in [0.5, 0.6) is 11.5 Å². The number of para-hydroxylation sites is 2. The number of anilines is 3. The lowest BCUT2D eigenvalue weighted by molar-refractivity contribution is -0.145. The zero-order valence-electron chi connectivity index (χ0n) is 31.2. The fourth-order valence-corrected chi connectivity index (χ4v) is 13.2. The molecule has 8 rings (SSSR count). The molecule has 3 aliphatic heterocycles. The zero-order chi connectivity index (χ0) is 37.8. The molecule has 5 atom stereocenters. The van der Waals surface area contributed by atoms with Crippen LogP contribution in [0.25, 0.3) is 0 Å². The van der Waals surface area contributed by atoms with E-state index in [9.17, 15) is 14.7 Å². The highest BCUT2D eigenvalue weighted by Gasteiger charge is 2.66. The van der Waals surface area contributed by atoms with E-state index in [1.807, 2.05) is 95.8 Å². The van der Waals surface area contributed by atoms with Gasteiger partial charge in [-0.1, -0.05) is 85.0 Å². The van der Waals surface area contributed by atoms with Crippen LogP contribution in [0.3, 0.4) is 0 Å². The van der Waals surface area contributed by atoms with Crippen molar-refractivity contribution in [1.82, 2.24) is 15.0 Å². The number of carbonyl (C=O) groups excluding carboxylic acids is 2. The van der Waals surface area contributed by atoms with Gasteiger partial charge in [0.2, 0.25) is 0 Å². The Morgan fingerprint density at radius 2 is 1.72 bits per heavy atom. The quantitative estimate of drug-likeness (QED) is 0.180. The highest BCUT2D eigenvalue weighted by molar-refractivity contribution is 6.91. The molecular weight excluding hydrogens is 699 g/mol. The lowest BCUT2D eigenvalue weighted by Crippen LogP contribution is -2.51. The van der Waals surface area contributed by atoms with Gasteiger partial charge in [0, 0.05) is 37.0 Å². The standard InChI is InChI=1S/C42H45N5O6Si/c1-27-40(54(4,5)31-18-16-30(51-3)17-19-31)38(21-22-46-24-34(43-44-46)32(25-48)28-11-7-6-8-12-28)53-42(27)33-23-29(15-20-35(33)45(2)41(42)50)47-36-13-9-10-14-37(36)52-26-39(47)49/h6-20,23-24,27,32,38,40,48H,21-22,25-26H2,1-5H3/t27-,32?,38+,40-,42+/m0/s1. The van der Waals surface area contributed by atoms with Crippen molar-refractivity contribution in [3.63, 3.8) is 0 Å². The number of aliphatic hydroxyl groups is 1. The van der Waals surface area contributed by atoms with Crippen molar-refractivity contribution in [1.29, 1.82) is 0 Å². The summed E-state index contributed by atoms with van der Waals surface area (Å²) in [6.07, 6.45) is 2.18. The number of nitrogens with zero attached hydrogens (tertiary/aromatic N) is 5. The molecule has 278 valence electrons. The Morgan fingerprint density at radius 1 is 0.981 bits per heavy atom. The largest absolute Gasteiger partial charge is 0.497 e. The van der Waals surface area contributed by atoms with E-state index >= 15 is 0 Å². The molecule has 0 bridgehead atoms. The van der Waals surface area contributed by atoms with Gasteiger partial charge in [0.1, 0.15) is 11.5 Å². The molecule has 1 N–H and O–H groups in total. The molecule has 0 saturated carbocycles. The summed E-state index contributed by atoms with van der Waals surface area (Å²) in [5.74, 6) is 0.617. The first-order valence-corrected chi connectivity index (χ1v) is 21.5. The molecule has 1 fully saturated rings. The Hall–Kier alpha value is -5.30. The minimum absolute atomic E-state index is 0.0149. The number of aliphatic hydroxyl groups excluding tert-OH is 1. The van der Waals surface area contributed by atoms with Gasteiger partial charge < -0.3 is 24.2 Å². The molecule has 1 unspecified atom stereocenters. The lowest BCUT2D eigenvalue weighted by atomic mass is 9.82. The smallest absolute Gasteiger partial charge is 0.269 e. The van der Waals surface area contributed by atoms with Gasteiger partial charge in [0.05, 0.1) is 50.9 Å². The van der Waals surface area contributed by atoms with E-state index in [1.54, 1.807) is 24.0 Å². The highest BCUT2D eigenvalue weighted by Crippen LogP contribution is 2.60. The summed E-state index contributed by atoms with van der Waals surface area (Å²) in [5, 5.41) is 20.5. The number of carbonyl (C=O) groups is 2. The van der Waals surface area contributed by atoms with Crippen molar-refractivity contribution in [2.45, 2.75) is 56.1 Å². The number of benzene rings is 4. The maximum Gasteiger partial charge on any atom is 0.269 e. The van der Waals surface area contributed by atoms with Crippen LogP contribution in [0.15, 0.2) is 103 Å². The average molecular weight is 744 g/mol. The second-order valence-electron chi connectivity index (χ2n) is 15.0. The van der Waals surface area contributed by atoms with Crippen molar-refractivity contribution in [2.24, 2.45) is 5.92 Å². The maximum absolute atomic E-state index is 14.8. The summed E-state index contributed by atoms with van der Waals surface area (Å²) in [4.78, 5) is 31.6. The Bertz CT molecular complexity index is 2190. The number of ether oxygens (including phenoxy) is 3. The van der Waals surface area contributed by atoms with Crippen LogP contribution in [0.2, 0.25) is 18.6 Å². The van der Waals surface area contributed by atoms with E-state index in [1.165, 1.54) is 5.19 Å². The summed E-state index contributed by atoms with van der Waals surface area (Å²) in [5.41, 5.74) is 3.26. The number of aromatic nitrogens is 3. The van der Waals surface area contributed by atoms with Gasteiger partial charge in [-0.05, 0) is 60.0 Å². The topological polar surface area (TPSA) is 119 Å². The third-order valence-corrected chi connectivity index (χ3v) is 16.2. The zero-order valence-corrected chi connectivity index (χ0v) is 32.2. The summed E-state index contributed by atoms with van der Waals surface area (Å²) in [6, 6.07) is 31.4. The number of likely N-dealkylation sites (N-methyl/N-ethyl adjacent to an activating group) is 1. The minimum Gasteiger partial charge on any atom is -0.497 e. The summed E-state index contributed by atoms with van der Waals surface area (Å²) in [7, 11) is 1.08. The average Bonchev–Trinajstić information content (AvgIpc) is 3.84. The van der Waals surface area contributed by atoms with E-state index in [4.69, 9.17) is 14.2 Å². The number of hydrogen-bond donors (Lipinski definition) is 1. The van der Waals surface area contributed by atoms with Crippen LogP contribution in [-0.2, 0) is 26.5 Å². The van der Waals surface area contributed by atoms with Crippen molar-refractivity contribution >= 4 is 42.1 Å². The number of aryl methyl sites for hydroxylation is 1. The third kappa shape index (κ3) is 5.71. The van der Waals surface area contributed by atoms with E-state index in [0.717, 1.165) is 22.6 Å². The Balaban J connectivity index is 1.18. The number of methoxy groups -OCH3 is 1. The highest BCUT2D eigenvalue weighted by atomic mass is 28.3. The normalized spacial score (nSPS) is 22.7. The molecular formula is C42H45N5O6Si. The predicted octanol–water partition coefficient (Wildman–Crippen LogP) is 5.75. The monoisotopic (exact) mass is 743 g/mol. The first-order valence-electron chi connectivity index (χ1n) is 18.4.